The van der Waals surface area contributed by atoms with Crippen LogP contribution in [0.3, 0.4) is 0 Å². The van der Waals surface area contributed by atoms with Crippen molar-refractivity contribution < 1.29 is 9.53 Å². The predicted octanol–water partition coefficient (Wildman–Crippen LogP) is 1.96. The molecule has 0 amide bonds. The third-order valence-electron chi connectivity index (χ3n) is 1.83. The topological polar surface area (TPSA) is 51.2 Å². The van der Waals surface area contributed by atoms with E-state index < -0.39 is 5.60 Å². The molecule has 0 saturated heterocycles. The van der Waals surface area contributed by atoms with Gasteiger partial charge in [-0.05, 0) is 27.7 Å². The lowest BCUT2D eigenvalue weighted by Crippen LogP contribution is -2.38. The summed E-state index contributed by atoms with van der Waals surface area (Å²) in [7, 11) is 0. The third kappa shape index (κ3) is 4.72. The second kappa shape index (κ2) is 5.41. The Balaban J connectivity index is 2.35. The Bertz CT molecular complexity index is 330. The second-order valence-electron chi connectivity index (χ2n) is 4.62. The smallest absolute Gasteiger partial charge is 0.323 e. The molecule has 0 bridgehead atoms. The van der Waals surface area contributed by atoms with Gasteiger partial charge in [-0.2, -0.15) is 0 Å². The zero-order chi connectivity index (χ0) is 12.2. The monoisotopic (exact) mass is 242 g/mol. The maximum absolute atomic E-state index is 11.6. The first kappa shape index (κ1) is 13.1. The van der Waals surface area contributed by atoms with Crippen LogP contribution in [0.1, 0.15) is 33.4 Å². The van der Waals surface area contributed by atoms with E-state index >= 15 is 0 Å². The minimum absolute atomic E-state index is 0.234. The molecule has 0 unspecified atom stereocenters. The molecule has 0 spiro atoms. The fourth-order valence-corrected chi connectivity index (χ4v) is 1.61. The van der Waals surface area contributed by atoms with E-state index in [1.807, 2.05) is 26.2 Å². The van der Waals surface area contributed by atoms with Gasteiger partial charge in [0.05, 0.1) is 11.2 Å². The lowest BCUT2D eigenvalue weighted by atomic mass is 10.2. The van der Waals surface area contributed by atoms with Gasteiger partial charge in [0.25, 0.3) is 0 Å². The van der Waals surface area contributed by atoms with Crippen LogP contribution in [0.2, 0.25) is 0 Å². The average molecular weight is 242 g/mol. The van der Waals surface area contributed by atoms with Gasteiger partial charge in [-0.3, -0.25) is 10.1 Å². The molecule has 0 fully saturated rings. The number of esters is 1. The number of nitrogens with one attached hydrogen (secondary N) is 1. The van der Waals surface area contributed by atoms with E-state index in [1.54, 1.807) is 23.8 Å². The molecule has 1 aromatic heterocycles. The Morgan fingerprint density at radius 1 is 1.62 bits per heavy atom. The number of thiazole rings is 1. The van der Waals surface area contributed by atoms with E-state index in [2.05, 4.69) is 10.3 Å². The van der Waals surface area contributed by atoms with Gasteiger partial charge in [0, 0.05) is 11.9 Å². The minimum atomic E-state index is -0.437. The summed E-state index contributed by atoms with van der Waals surface area (Å²) in [6, 6.07) is -0.319. The highest BCUT2D eigenvalue weighted by atomic mass is 32.1. The van der Waals surface area contributed by atoms with Gasteiger partial charge in [0.1, 0.15) is 11.6 Å². The highest BCUT2D eigenvalue weighted by Gasteiger charge is 2.21. The molecule has 5 heteroatoms. The summed E-state index contributed by atoms with van der Waals surface area (Å²) >= 11 is 1.54. The Labute approximate surface area is 100 Å². The molecule has 0 aliphatic heterocycles. The number of carbonyl (C=O) groups excluding carboxylic acids is 1. The lowest BCUT2D eigenvalue weighted by molar-refractivity contribution is -0.157. The van der Waals surface area contributed by atoms with Crippen molar-refractivity contribution in [3.05, 3.63) is 16.6 Å². The Morgan fingerprint density at radius 3 is 2.81 bits per heavy atom. The number of carbonyl (C=O) groups is 1. The summed E-state index contributed by atoms with van der Waals surface area (Å²) in [5.74, 6) is -0.234. The van der Waals surface area contributed by atoms with Crippen LogP contribution in [0.5, 0.6) is 0 Å². The van der Waals surface area contributed by atoms with Crippen molar-refractivity contribution in [2.45, 2.75) is 45.9 Å². The van der Waals surface area contributed by atoms with Crippen LogP contribution in [0.15, 0.2) is 10.9 Å². The highest BCUT2D eigenvalue weighted by Crippen LogP contribution is 2.08. The molecule has 1 heterocycles. The molecule has 0 aliphatic rings. The number of ether oxygens (including phenoxy) is 1. The van der Waals surface area contributed by atoms with Crippen molar-refractivity contribution >= 4 is 17.3 Å². The van der Waals surface area contributed by atoms with E-state index in [9.17, 15) is 4.79 Å². The zero-order valence-corrected chi connectivity index (χ0v) is 10.9. The first-order valence-electron chi connectivity index (χ1n) is 5.22. The van der Waals surface area contributed by atoms with Crippen LogP contribution in [0.25, 0.3) is 0 Å². The maximum atomic E-state index is 11.6. The molecule has 4 nitrogen and oxygen atoms in total. The summed E-state index contributed by atoms with van der Waals surface area (Å²) < 4.78 is 5.25. The SMILES string of the molecule is C[C@@H](NCc1cscn1)C(=O)OC(C)(C)C. The van der Waals surface area contributed by atoms with Gasteiger partial charge < -0.3 is 4.74 Å². The maximum Gasteiger partial charge on any atom is 0.323 e. The molecule has 1 rings (SSSR count). The van der Waals surface area contributed by atoms with Crippen molar-refractivity contribution in [1.82, 2.24) is 10.3 Å². The molecule has 16 heavy (non-hydrogen) atoms. The highest BCUT2D eigenvalue weighted by molar-refractivity contribution is 7.07. The van der Waals surface area contributed by atoms with Gasteiger partial charge in [-0.15, -0.1) is 11.3 Å². The number of rotatable bonds is 4. The van der Waals surface area contributed by atoms with Gasteiger partial charge >= 0.3 is 5.97 Å². The van der Waals surface area contributed by atoms with E-state index in [4.69, 9.17) is 4.74 Å². The number of hydrogen-bond acceptors (Lipinski definition) is 5. The zero-order valence-electron chi connectivity index (χ0n) is 10.1. The molecule has 0 aliphatic carbocycles. The first-order valence-corrected chi connectivity index (χ1v) is 6.16. The Hall–Kier alpha value is -0.940. The summed E-state index contributed by atoms with van der Waals surface area (Å²) in [6.45, 7) is 7.96. The van der Waals surface area contributed by atoms with Crippen LogP contribution < -0.4 is 5.32 Å². The van der Waals surface area contributed by atoms with Crippen LogP contribution in [0.4, 0.5) is 0 Å². The van der Waals surface area contributed by atoms with Gasteiger partial charge in [0.2, 0.25) is 0 Å². The molecular formula is C11H18N2O2S. The summed E-state index contributed by atoms with van der Waals surface area (Å²) in [5, 5.41) is 5.03. The second-order valence-corrected chi connectivity index (χ2v) is 5.33. The van der Waals surface area contributed by atoms with Gasteiger partial charge in [-0.1, -0.05) is 0 Å². The molecular weight excluding hydrogens is 224 g/mol. The van der Waals surface area contributed by atoms with Crippen LogP contribution >= 0.6 is 11.3 Å². The largest absolute Gasteiger partial charge is 0.459 e. The van der Waals surface area contributed by atoms with Gasteiger partial charge in [0.15, 0.2) is 0 Å². The normalized spacial score (nSPS) is 13.5. The molecule has 0 aromatic carbocycles. The van der Waals surface area contributed by atoms with Crippen LogP contribution in [-0.2, 0) is 16.1 Å². The molecule has 0 radical (unpaired) electrons. The first-order chi connectivity index (χ1) is 7.38. The van der Waals surface area contributed by atoms with Crippen LogP contribution in [0, 0.1) is 0 Å². The fraction of sp³-hybridized carbons (Fsp3) is 0.636. The lowest BCUT2D eigenvalue weighted by Gasteiger charge is -2.22. The fourth-order valence-electron chi connectivity index (χ4n) is 1.06. The summed E-state index contributed by atoms with van der Waals surface area (Å²) in [4.78, 5) is 15.7. The van der Waals surface area contributed by atoms with Crippen molar-refractivity contribution in [3.63, 3.8) is 0 Å². The van der Waals surface area contributed by atoms with Gasteiger partial charge in [-0.25, -0.2) is 4.98 Å². The number of hydrogen-bond donors (Lipinski definition) is 1. The Kier molecular flexibility index (Phi) is 4.44. The van der Waals surface area contributed by atoms with Crippen molar-refractivity contribution in [3.8, 4) is 0 Å². The Morgan fingerprint density at radius 2 is 2.31 bits per heavy atom. The number of aromatic nitrogens is 1. The van der Waals surface area contributed by atoms with Crippen molar-refractivity contribution in [2.24, 2.45) is 0 Å². The standard InChI is InChI=1S/C11H18N2O2S/c1-8(10(14)15-11(2,3)4)12-5-9-6-16-7-13-9/h6-8,12H,5H2,1-4H3/t8-/m1/s1. The van der Waals surface area contributed by atoms with Crippen LogP contribution in [-0.4, -0.2) is 22.6 Å². The van der Waals surface area contributed by atoms with E-state index in [-0.39, 0.29) is 12.0 Å². The molecule has 0 saturated carbocycles. The average Bonchev–Trinajstić information content (AvgIpc) is 2.63. The molecule has 1 atom stereocenters. The minimum Gasteiger partial charge on any atom is -0.459 e. The van der Waals surface area contributed by atoms with Crippen molar-refractivity contribution in [1.29, 1.82) is 0 Å². The van der Waals surface area contributed by atoms with E-state index in [1.165, 1.54) is 0 Å². The number of nitrogens with zero attached hydrogens (tertiary/aromatic N) is 1. The van der Waals surface area contributed by atoms with Crippen molar-refractivity contribution in [2.75, 3.05) is 0 Å². The quantitative estimate of drug-likeness (QED) is 0.820. The van der Waals surface area contributed by atoms with E-state index in [0.717, 1.165) is 5.69 Å². The summed E-state index contributed by atoms with van der Waals surface area (Å²) in [6.07, 6.45) is 0. The summed E-state index contributed by atoms with van der Waals surface area (Å²) in [5.41, 5.74) is 2.28. The molecule has 1 aromatic rings. The third-order valence-corrected chi connectivity index (χ3v) is 2.47. The predicted molar refractivity (Wildman–Crippen MR) is 64.3 cm³/mol. The molecule has 90 valence electrons. The van der Waals surface area contributed by atoms with E-state index in [0.29, 0.717) is 6.54 Å². The molecule has 1 N–H and O–H groups in total.